The number of hydrogen-bond acceptors (Lipinski definition) is 0. The largest absolute Gasteiger partial charge is 0.0688 e. The van der Waals surface area contributed by atoms with E-state index in [9.17, 15) is 0 Å². The van der Waals surface area contributed by atoms with Gasteiger partial charge in [0.2, 0.25) is 0 Å². The fraction of sp³-hybridized carbons (Fsp3) is 0.0500. The summed E-state index contributed by atoms with van der Waals surface area (Å²) in [7, 11) is 0. The molecule has 0 amide bonds. The van der Waals surface area contributed by atoms with Gasteiger partial charge in [0, 0.05) is 35.9 Å². The summed E-state index contributed by atoms with van der Waals surface area (Å²) in [5.74, 6) is 0.429. The fourth-order valence-electron chi connectivity index (χ4n) is 3.81. The van der Waals surface area contributed by atoms with E-state index in [4.69, 9.17) is 0 Å². The zero-order chi connectivity index (χ0) is 13.1. The Morgan fingerprint density at radius 2 is 1.70 bits per heavy atom. The molecule has 0 nitrogen and oxygen atoms in total. The lowest BCUT2D eigenvalue weighted by molar-refractivity contribution is 1.11. The zero-order valence-electron chi connectivity index (χ0n) is 11.0. The van der Waals surface area contributed by atoms with Gasteiger partial charge in [-0.1, -0.05) is 36.4 Å². The van der Waals surface area contributed by atoms with Gasteiger partial charge in [-0.05, 0) is 27.5 Å². The number of allylic oxidation sites excluding steroid dienone is 1. The molecule has 0 heterocycles. The lowest BCUT2D eigenvalue weighted by Crippen LogP contribution is -1.93. The highest BCUT2D eigenvalue weighted by atomic mass is 14.4. The normalized spacial score (nSPS) is 17.8. The van der Waals surface area contributed by atoms with Crippen molar-refractivity contribution in [3.8, 4) is 0 Å². The summed E-state index contributed by atoms with van der Waals surface area (Å²) in [6, 6.07) is 24.2. The van der Waals surface area contributed by atoms with Gasteiger partial charge in [-0.25, -0.2) is 0 Å². The second-order valence-corrected chi connectivity index (χ2v) is 5.60. The Kier molecular flexibility index (Phi) is 1.83. The van der Waals surface area contributed by atoms with Gasteiger partial charge in [0.15, 0.2) is 0 Å². The molecule has 0 N–H and O–H groups in total. The van der Waals surface area contributed by atoms with Gasteiger partial charge >= 0.3 is 0 Å². The number of benzene rings is 2. The van der Waals surface area contributed by atoms with Crippen LogP contribution < -0.4 is 0 Å². The van der Waals surface area contributed by atoms with Gasteiger partial charge in [0.05, 0.1) is 17.5 Å². The minimum atomic E-state index is 0.429. The predicted octanol–water partition coefficient (Wildman–Crippen LogP) is 5.12. The van der Waals surface area contributed by atoms with Crippen LogP contribution >= 0.6 is 0 Å². The first kappa shape index (κ1) is 10.3. The smallest absolute Gasteiger partial charge is 0.0613 e. The molecule has 0 saturated heterocycles. The molecule has 2 aliphatic carbocycles. The Morgan fingerprint density at radius 1 is 0.850 bits per heavy atom. The molecule has 1 unspecified atom stereocenters. The van der Waals surface area contributed by atoms with Gasteiger partial charge in [0.1, 0.15) is 0 Å². The van der Waals surface area contributed by atoms with E-state index < -0.39 is 0 Å². The summed E-state index contributed by atoms with van der Waals surface area (Å²) in [4.78, 5) is 0. The van der Waals surface area contributed by atoms with E-state index in [0.717, 1.165) is 0 Å². The molecule has 0 radical (unpaired) electrons. The molecule has 0 bridgehead atoms. The molecule has 3 aromatic carbocycles. The molecule has 20 heavy (non-hydrogen) atoms. The summed E-state index contributed by atoms with van der Waals surface area (Å²) >= 11 is 0. The highest BCUT2D eigenvalue weighted by Crippen LogP contribution is 2.54. The molecule has 0 fully saturated rings. The molecule has 5 rings (SSSR count). The highest BCUT2D eigenvalue weighted by molar-refractivity contribution is 6.10. The van der Waals surface area contributed by atoms with Crippen LogP contribution in [0.4, 0.5) is 0 Å². The molecular weight excluding hydrogens is 240 g/mol. The summed E-state index contributed by atoms with van der Waals surface area (Å²) in [6.45, 7) is 0. The van der Waals surface area contributed by atoms with Crippen molar-refractivity contribution < 1.29 is 0 Å². The van der Waals surface area contributed by atoms with Crippen LogP contribution in [0.25, 0.3) is 22.4 Å². The SMILES string of the molecule is C1=C2c3cccc4cccc(c34)C2c2ccc[cH+]cc21. The molecule has 0 saturated carbocycles. The molecule has 0 aromatic heterocycles. The van der Waals surface area contributed by atoms with Crippen molar-refractivity contribution in [3.63, 3.8) is 0 Å². The van der Waals surface area contributed by atoms with Crippen LogP contribution in [0.1, 0.15) is 28.2 Å². The minimum Gasteiger partial charge on any atom is -0.0613 e. The third-order valence-corrected chi connectivity index (χ3v) is 4.60. The molecule has 0 spiro atoms. The summed E-state index contributed by atoms with van der Waals surface area (Å²) < 4.78 is 0. The van der Waals surface area contributed by atoms with Crippen molar-refractivity contribution in [2.75, 3.05) is 0 Å². The van der Waals surface area contributed by atoms with E-state index in [2.05, 4.69) is 72.8 Å². The van der Waals surface area contributed by atoms with E-state index in [1.807, 2.05) is 0 Å². The molecule has 2 aliphatic rings. The Bertz CT molecular complexity index is 901. The molecule has 0 aliphatic heterocycles. The van der Waals surface area contributed by atoms with E-state index in [0.29, 0.717) is 5.92 Å². The average Bonchev–Trinajstić information content (AvgIpc) is 2.88. The van der Waals surface area contributed by atoms with E-state index in [1.54, 1.807) is 0 Å². The number of hydrogen-bond donors (Lipinski definition) is 0. The van der Waals surface area contributed by atoms with Gasteiger partial charge in [-0.3, -0.25) is 0 Å². The lowest BCUT2D eigenvalue weighted by atomic mass is 9.93. The van der Waals surface area contributed by atoms with Crippen LogP contribution in [-0.2, 0) is 0 Å². The van der Waals surface area contributed by atoms with Crippen LogP contribution in [0.5, 0.6) is 0 Å². The van der Waals surface area contributed by atoms with Gasteiger partial charge in [0.25, 0.3) is 0 Å². The Hall–Kier alpha value is -2.47. The van der Waals surface area contributed by atoms with Crippen molar-refractivity contribution in [1.29, 1.82) is 0 Å². The second kappa shape index (κ2) is 3.55. The van der Waals surface area contributed by atoms with Crippen molar-refractivity contribution in [2.24, 2.45) is 0 Å². The Balaban J connectivity index is 1.93. The van der Waals surface area contributed by atoms with Crippen LogP contribution in [0, 0.1) is 0 Å². The summed E-state index contributed by atoms with van der Waals surface area (Å²) in [5.41, 5.74) is 7.16. The molecule has 0 heteroatoms. The Morgan fingerprint density at radius 3 is 2.65 bits per heavy atom. The van der Waals surface area contributed by atoms with E-state index in [1.165, 1.54) is 38.6 Å². The van der Waals surface area contributed by atoms with Crippen molar-refractivity contribution in [1.82, 2.24) is 0 Å². The first-order chi connectivity index (χ1) is 9.93. The monoisotopic (exact) mass is 253 g/mol. The quantitative estimate of drug-likeness (QED) is 0.488. The number of rotatable bonds is 0. The maximum atomic E-state index is 2.37. The third kappa shape index (κ3) is 1.14. The zero-order valence-corrected chi connectivity index (χ0v) is 11.0. The maximum absolute atomic E-state index is 2.37. The molecule has 1 atom stereocenters. The predicted molar refractivity (Wildman–Crippen MR) is 84.5 cm³/mol. The van der Waals surface area contributed by atoms with Crippen molar-refractivity contribution in [3.05, 3.63) is 89.0 Å². The molecular formula is C20H13+. The lowest BCUT2D eigenvalue weighted by Gasteiger charge is -2.07. The molecule has 92 valence electrons. The van der Waals surface area contributed by atoms with E-state index >= 15 is 0 Å². The van der Waals surface area contributed by atoms with Crippen LogP contribution in [0.3, 0.4) is 0 Å². The second-order valence-electron chi connectivity index (χ2n) is 5.60. The fourth-order valence-corrected chi connectivity index (χ4v) is 3.81. The van der Waals surface area contributed by atoms with Gasteiger partial charge in [-0.2, -0.15) is 0 Å². The van der Waals surface area contributed by atoms with Gasteiger partial charge < -0.3 is 0 Å². The van der Waals surface area contributed by atoms with Gasteiger partial charge in [-0.15, -0.1) is 0 Å². The average molecular weight is 253 g/mol. The summed E-state index contributed by atoms with van der Waals surface area (Å²) in [6.07, 6.45) is 2.37. The summed E-state index contributed by atoms with van der Waals surface area (Å²) in [5, 5.41) is 2.81. The van der Waals surface area contributed by atoms with Crippen LogP contribution in [0.15, 0.2) is 66.7 Å². The van der Waals surface area contributed by atoms with Crippen molar-refractivity contribution in [2.45, 2.75) is 5.92 Å². The van der Waals surface area contributed by atoms with Crippen molar-refractivity contribution >= 4 is 22.4 Å². The number of fused-ring (bicyclic) bond motifs is 5. The Labute approximate surface area is 118 Å². The third-order valence-electron chi connectivity index (χ3n) is 4.60. The maximum Gasteiger partial charge on any atom is 0.0688 e. The standard InChI is InChI=1S/C20H13/c1-2-6-14-12-18-16-10-4-7-13-8-5-11-17(19(13)16)20(18)15(14)9-3-1/h1-12,20H/q+1. The van der Waals surface area contributed by atoms with Crippen LogP contribution in [-0.4, -0.2) is 0 Å². The van der Waals surface area contributed by atoms with Crippen LogP contribution in [0.2, 0.25) is 0 Å². The topological polar surface area (TPSA) is 0 Å². The van der Waals surface area contributed by atoms with E-state index in [-0.39, 0.29) is 0 Å². The highest BCUT2D eigenvalue weighted by Gasteiger charge is 2.37. The minimum absolute atomic E-state index is 0.429. The first-order valence-corrected chi connectivity index (χ1v) is 7.09. The first-order valence-electron chi connectivity index (χ1n) is 7.09. The molecule has 3 aromatic rings.